The third-order valence-electron chi connectivity index (χ3n) is 3.31. The number of hydrogen-bond acceptors (Lipinski definition) is 4. The summed E-state index contributed by atoms with van der Waals surface area (Å²) in [6.45, 7) is 4.76. The maximum absolute atomic E-state index is 5.17. The minimum absolute atomic E-state index is 0.596. The highest BCUT2D eigenvalue weighted by atomic mass is 16.5. The van der Waals surface area contributed by atoms with Crippen LogP contribution in [0, 0.1) is 6.92 Å². The van der Waals surface area contributed by atoms with Gasteiger partial charge in [0.1, 0.15) is 5.82 Å². The van der Waals surface area contributed by atoms with Crippen molar-refractivity contribution >= 4 is 5.82 Å². The van der Waals surface area contributed by atoms with Gasteiger partial charge >= 0.3 is 0 Å². The highest BCUT2D eigenvalue weighted by Crippen LogP contribution is 2.23. The molecule has 0 aliphatic carbocycles. The summed E-state index contributed by atoms with van der Waals surface area (Å²) in [6.07, 6.45) is 0.897. The predicted molar refractivity (Wildman–Crippen MR) is 81.8 cm³/mol. The van der Waals surface area contributed by atoms with Crippen molar-refractivity contribution in [3.8, 4) is 11.4 Å². The van der Waals surface area contributed by atoms with Gasteiger partial charge in [-0.15, -0.1) is 0 Å². The number of nitrogens with one attached hydrogen (secondary N) is 1. The van der Waals surface area contributed by atoms with E-state index < -0.39 is 0 Å². The molecule has 20 heavy (non-hydrogen) atoms. The average molecular weight is 271 g/mol. The number of nitrogens with zero attached hydrogens (tertiary/aromatic N) is 2. The van der Waals surface area contributed by atoms with Crippen LogP contribution in [0.5, 0.6) is 0 Å². The molecule has 0 aliphatic rings. The van der Waals surface area contributed by atoms with Crippen LogP contribution in [0.1, 0.15) is 23.7 Å². The average Bonchev–Trinajstić information content (AvgIpc) is 2.48. The molecule has 4 nitrogen and oxygen atoms in total. The molecule has 0 aliphatic heterocycles. The maximum atomic E-state index is 5.17. The molecule has 0 spiro atoms. The molecule has 1 aromatic heterocycles. The zero-order valence-corrected chi connectivity index (χ0v) is 12.5. The Morgan fingerprint density at radius 1 is 1.25 bits per heavy atom. The molecule has 0 fully saturated rings. The van der Waals surface area contributed by atoms with Gasteiger partial charge in [-0.1, -0.05) is 25.1 Å². The lowest BCUT2D eigenvalue weighted by atomic mass is 10.1. The summed E-state index contributed by atoms with van der Waals surface area (Å²) in [6, 6.07) is 8.16. The van der Waals surface area contributed by atoms with E-state index in [0.717, 1.165) is 40.4 Å². The van der Waals surface area contributed by atoms with Crippen molar-refractivity contribution in [2.75, 3.05) is 19.5 Å². The van der Waals surface area contributed by atoms with Gasteiger partial charge in [0.25, 0.3) is 0 Å². The van der Waals surface area contributed by atoms with Crippen LogP contribution in [0.4, 0.5) is 5.82 Å². The number of rotatable bonds is 5. The van der Waals surface area contributed by atoms with Crippen molar-refractivity contribution in [3.05, 3.63) is 41.1 Å². The Morgan fingerprint density at radius 3 is 2.70 bits per heavy atom. The van der Waals surface area contributed by atoms with Crippen LogP contribution in [0.3, 0.4) is 0 Å². The second kappa shape index (κ2) is 6.48. The molecular formula is C16H21N3O. The second-order valence-corrected chi connectivity index (χ2v) is 4.70. The fraction of sp³-hybridized carbons (Fsp3) is 0.375. The summed E-state index contributed by atoms with van der Waals surface area (Å²) in [5.41, 5.74) is 4.34. The minimum atomic E-state index is 0.596. The van der Waals surface area contributed by atoms with E-state index in [1.807, 2.05) is 25.2 Å². The van der Waals surface area contributed by atoms with Crippen LogP contribution in [-0.4, -0.2) is 24.1 Å². The van der Waals surface area contributed by atoms with Crippen LogP contribution in [-0.2, 0) is 17.8 Å². The van der Waals surface area contributed by atoms with Gasteiger partial charge in [-0.25, -0.2) is 9.97 Å². The lowest BCUT2D eigenvalue weighted by Gasteiger charge is -2.11. The molecule has 1 heterocycles. The molecule has 2 rings (SSSR count). The zero-order valence-electron chi connectivity index (χ0n) is 12.5. The number of aryl methyl sites for hydroxylation is 1. The number of anilines is 1. The van der Waals surface area contributed by atoms with Crippen molar-refractivity contribution in [3.63, 3.8) is 0 Å². The van der Waals surface area contributed by atoms with E-state index in [4.69, 9.17) is 4.74 Å². The van der Waals surface area contributed by atoms with Crippen LogP contribution in [0.15, 0.2) is 24.3 Å². The van der Waals surface area contributed by atoms with Crippen LogP contribution in [0.25, 0.3) is 11.4 Å². The Bertz CT molecular complexity index is 571. The number of aromatic nitrogens is 2. The van der Waals surface area contributed by atoms with Crippen molar-refractivity contribution in [2.24, 2.45) is 0 Å². The molecule has 0 bridgehead atoms. The maximum Gasteiger partial charge on any atom is 0.161 e. The van der Waals surface area contributed by atoms with E-state index in [0.29, 0.717) is 6.61 Å². The van der Waals surface area contributed by atoms with Crippen molar-refractivity contribution in [1.29, 1.82) is 0 Å². The van der Waals surface area contributed by atoms with E-state index in [1.54, 1.807) is 7.11 Å². The van der Waals surface area contributed by atoms with Gasteiger partial charge in [0.15, 0.2) is 5.82 Å². The van der Waals surface area contributed by atoms with Gasteiger partial charge in [0.2, 0.25) is 0 Å². The lowest BCUT2D eigenvalue weighted by molar-refractivity contribution is 0.185. The van der Waals surface area contributed by atoms with Gasteiger partial charge in [0, 0.05) is 31.0 Å². The quantitative estimate of drug-likeness (QED) is 0.907. The van der Waals surface area contributed by atoms with Crippen molar-refractivity contribution < 1.29 is 4.74 Å². The Kier molecular flexibility index (Phi) is 4.69. The molecule has 0 atom stereocenters. The Labute approximate surface area is 120 Å². The van der Waals surface area contributed by atoms with Crippen LogP contribution < -0.4 is 5.32 Å². The number of benzene rings is 1. The van der Waals surface area contributed by atoms with Gasteiger partial charge in [-0.05, 0) is 25.0 Å². The highest BCUT2D eigenvalue weighted by Gasteiger charge is 2.10. The van der Waals surface area contributed by atoms with Crippen molar-refractivity contribution in [2.45, 2.75) is 26.9 Å². The fourth-order valence-corrected chi connectivity index (χ4v) is 2.25. The molecule has 0 saturated carbocycles. The topological polar surface area (TPSA) is 47.0 Å². The summed E-state index contributed by atoms with van der Waals surface area (Å²) < 4.78 is 5.17. The summed E-state index contributed by atoms with van der Waals surface area (Å²) in [5, 5.41) is 3.14. The fourth-order valence-electron chi connectivity index (χ4n) is 2.25. The summed E-state index contributed by atoms with van der Waals surface area (Å²) in [7, 11) is 3.59. The molecule has 4 heteroatoms. The third-order valence-corrected chi connectivity index (χ3v) is 3.31. The molecule has 1 aromatic carbocycles. The molecule has 0 amide bonds. The highest BCUT2D eigenvalue weighted by molar-refractivity contribution is 5.60. The van der Waals surface area contributed by atoms with Crippen LogP contribution in [0.2, 0.25) is 0 Å². The second-order valence-electron chi connectivity index (χ2n) is 4.70. The molecule has 2 aromatic rings. The summed E-state index contributed by atoms with van der Waals surface area (Å²) in [4.78, 5) is 9.29. The molecule has 0 saturated heterocycles. The molecule has 106 valence electrons. The van der Waals surface area contributed by atoms with Gasteiger partial charge < -0.3 is 10.1 Å². The first kappa shape index (κ1) is 14.5. The number of hydrogen-bond donors (Lipinski definition) is 1. The monoisotopic (exact) mass is 271 g/mol. The van der Waals surface area contributed by atoms with Gasteiger partial charge in [0.05, 0.1) is 6.61 Å². The third kappa shape index (κ3) is 2.96. The summed E-state index contributed by atoms with van der Waals surface area (Å²) >= 11 is 0. The first-order chi connectivity index (χ1) is 9.69. The first-order valence-corrected chi connectivity index (χ1v) is 6.83. The molecule has 0 unspecified atom stereocenters. The van der Waals surface area contributed by atoms with Gasteiger partial charge in [-0.3, -0.25) is 0 Å². The van der Waals surface area contributed by atoms with E-state index in [-0.39, 0.29) is 0 Å². The van der Waals surface area contributed by atoms with E-state index in [2.05, 4.69) is 35.2 Å². The number of methoxy groups -OCH3 is 1. The minimum Gasteiger partial charge on any atom is -0.380 e. The molecule has 0 radical (unpaired) electrons. The SMILES string of the molecule is CCc1nc(-c2cccc(COC)c2)nc(NC)c1C. The molecular weight excluding hydrogens is 250 g/mol. The van der Waals surface area contributed by atoms with Crippen LogP contribution >= 0.6 is 0 Å². The zero-order chi connectivity index (χ0) is 14.5. The standard InChI is InChI=1S/C16H21N3O/c1-5-14-11(2)15(17-3)19-16(18-14)13-8-6-7-12(9-13)10-20-4/h6-9H,5,10H2,1-4H3,(H,17,18,19). The Morgan fingerprint density at radius 2 is 2.05 bits per heavy atom. The smallest absolute Gasteiger partial charge is 0.161 e. The van der Waals surface area contributed by atoms with E-state index in [1.165, 1.54) is 0 Å². The van der Waals surface area contributed by atoms with E-state index >= 15 is 0 Å². The largest absolute Gasteiger partial charge is 0.380 e. The summed E-state index contributed by atoms with van der Waals surface area (Å²) in [5.74, 6) is 1.65. The first-order valence-electron chi connectivity index (χ1n) is 6.83. The van der Waals surface area contributed by atoms with Crippen molar-refractivity contribution in [1.82, 2.24) is 9.97 Å². The Balaban J connectivity index is 2.49. The molecule has 1 N–H and O–H groups in total. The van der Waals surface area contributed by atoms with E-state index in [9.17, 15) is 0 Å². The Hall–Kier alpha value is -1.94. The van der Waals surface area contributed by atoms with Gasteiger partial charge in [-0.2, -0.15) is 0 Å². The normalized spacial score (nSPS) is 10.6. The predicted octanol–water partition coefficient (Wildman–Crippen LogP) is 3.20. The number of ether oxygens (including phenoxy) is 1. The lowest BCUT2D eigenvalue weighted by Crippen LogP contribution is -2.04.